The largest absolute Gasteiger partial charge is 0.428 e. The quantitative estimate of drug-likeness (QED) is 0.0802. The number of hydrogen-bond acceptors (Lipinski definition) is 4. The van der Waals surface area contributed by atoms with E-state index in [1.165, 1.54) is 24.3 Å². The number of hydrogen-bond donors (Lipinski definition) is 0. The molecule has 0 saturated heterocycles. The molecule has 436 valence electrons. The minimum Gasteiger partial charge on any atom is -0.428 e. The van der Waals surface area contributed by atoms with Crippen LogP contribution in [0.15, 0.2) is 321 Å². The van der Waals surface area contributed by atoms with E-state index in [2.05, 4.69) is 196 Å². The fraction of sp³-hybridized carbons (Fsp3) is 0.0380. The van der Waals surface area contributed by atoms with Crippen LogP contribution in [0.4, 0.5) is 60.5 Å². The lowest BCUT2D eigenvalue weighted by Gasteiger charge is -2.49. The summed E-state index contributed by atoms with van der Waals surface area (Å²) in [6, 6.07) is 87.1. The van der Waals surface area contributed by atoms with Gasteiger partial charge >= 0.3 is 24.2 Å². The summed E-state index contributed by atoms with van der Waals surface area (Å²) in [5.41, 5.74) is 13.5. The highest BCUT2D eigenvalue weighted by molar-refractivity contribution is 6.13. The van der Waals surface area contributed by atoms with Gasteiger partial charge in [-0.1, -0.05) is 188 Å². The fourth-order valence-corrected chi connectivity index (χ4v) is 13.7. The number of nitrogens with zero attached hydrogens (tertiary/aromatic N) is 3. The molecule has 0 saturated carbocycles. The lowest BCUT2D eigenvalue weighted by molar-refractivity contribution is 0.241. The van der Waals surface area contributed by atoms with E-state index in [1.54, 1.807) is 24.3 Å². The van der Waals surface area contributed by atoms with Gasteiger partial charge in [0.05, 0.1) is 28.3 Å². The van der Waals surface area contributed by atoms with Crippen molar-refractivity contribution in [2.75, 3.05) is 9.80 Å². The van der Waals surface area contributed by atoms with Crippen LogP contribution in [0.5, 0.6) is 11.5 Å². The highest BCUT2D eigenvalue weighted by Gasteiger charge is 2.51. The monoisotopic (exact) mass is 1190 g/mol. The Balaban J connectivity index is 0.948. The zero-order valence-electron chi connectivity index (χ0n) is 47.9. The number of allylic oxidation sites excluding steroid dienone is 4. The Labute approximate surface area is 514 Å². The van der Waals surface area contributed by atoms with Crippen molar-refractivity contribution >= 4 is 77.5 Å². The van der Waals surface area contributed by atoms with Gasteiger partial charge in [-0.2, -0.15) is 26.3 Å². The van der Waals surface area contributed by atoms with Crippen LogP contribution in [0.25, 0.3) is 65.6 Å². The summed E-state index contributed by atoms with van der Waals surface area (Å²) < 4.78 is 93.3. The summed E-state index contributed by atoms with van der Waals surface area (Å²) in [6.07, 6.45) is 3.96. The molecule has 2 atom stereocenters. The second-order valence-corrected chi connectivity index (χ2v) is 22.4. The van der Waals surface area contributed by atoms with Gasteiger partial charge in [0, 0.05) is 55.7 Å². The number of aromatic nitrogens is 1. The van der Waals surface area contributed by atoms with Crippen LogP contribution in [0.1, 0.15) is 22.7 Å². The molecule has 90 heavy (non-hydrogen) atoms. The Morgan fingerprint density at radius 1 is 0.367 bits per heavy atom. The molecule has 0 radical (unpaired) electrons. The minimum absolute atomic E-state index is 0.0761. The van der Waals surface area contributed by atoms with Gasteiger partial charge in [0.25, 0.3) is 0 Å². The van der Waals surface area contributed by atoms with Crippen LogP contribution in [0.2, 0.25) is 0 Å². The molecule has 5 nitrogen and oxygen atoms in total. The van der Waals surface area contributed by atoms with Crippen molar-refractivity contribution in [2.24, 2.45) is 5.92 Å². The Hall–Kier alpha value is -11.3. The molecule has 2 unspecified atom stereocenters. The average Bonchev–Trinajstić information content (AvgIpc) is 1.48. The first kappa shape index (κ1) is 55.3. The van der Waals surface area contributed by atoms with E-state index in [4.69, 9.17) is 9.47 Å². The minimum atomic E-state index is -2.54. The first-order valence-electron chi connectivity index (χ1n) is 29.4. The van der Waals surface area contributed by atoms with Crippen molar-refractivity contribution in [3.05, 3.63) is 338 Å². The normalized spacial score (nSPS) is 14.6. The smallest absolute Gasteiger partial charge is 0.344 e. The maximum absolute atomic E-state index is 14.1. The molecule has 0 bridgehead atoms. The van der Waals surface area contributed by atoms with Gasteiger partial charge in [0.1, 0.15) is 11.5 Å². The first-order valence-corrected chi connectivity index (χ1v) is 29.4. The Kier molecular flexibility index (Phi) is 14.0. The molecular formula is C79H51F6N3O2. The van der Waals surface area contributed by atoms with Gasteiger partial charge in [-0.3, -0.25) is 0 Å². The van der Waals surface area contributed by atoms with Crippen LogP contribution in [-0.2, 0) is 5.41 Å². The Bertz CT molecular complexity index is 5000. The molecule has 13 aromatic rings. The number of benzene rings is 12. The number of rotatable bonds is 14. The number of anilines is 6. The maximum atomic E-state index is 14.1. The topological polar surface area (TPSA) is 29.9 Å². The van der Waals surface area contributed by atoms with Crippen molar-refractivity contribution in [1.82, 2.24) is 4.57 Å². The molecule has 1 aliphatic carbocycles. The van der Waals surface area contributed by atoms with E-state index in [-0.39, 0.29) is 23.5 Å². The molecule has 0 amide bonds. The third-order valence-electron chi connectivity index (χ3n) is 17.5. The Morgan fingerprint density at radius 3 is 1.36 bits per heavy atom. The van der Waals surface area contributed by atoms with Crippen molar-refractivity contribution in [1.29, 1.82) is 0 Å². The number of fused-ring (bicyclic) bond motifs is 7. The predicted molar refractivity (Wildman–Crippen MR) is 350 cm³/mol. The summed E-state index contributed by atoms with van der Waals surface area (Å²) in [4.78, 5) is 4.23. The molecule has 11 heteroatoms. The van der Waals surface area contributed by atoms with E-state index < -0.39 is 29.6 Å². The zero-order valence-corrected chi connectivity index (χ0v) is 47.9. The second-order valence-electron chi connectivity index (χ2n) is 22.4. The van der Waals surface area contributed by atoms with E-state index >= 15 is 0 Å². The molecule has 2 aliphatic rings. The summed E-state index contributed by atoms with van der Waals surface area (Å²) in [5, 5.41) is 6.11. The van der Waals surface area contributed by atoms with E-state index in [1.807, 2.05) is 66.7 Å². The highest BCUT2D eigenvalue weighted by Crippen LogP contribution is 2.59. The lowest BCUT2D eigenvalue weighted by Crippen LogP contribution is -2.45. The molecule has 2 heterocycles. The SMILES string of the molecule is FC(F)=C(F)Oc1ccc(N(c2cccc(-c3ccc4c(c3)c3cc(-c5cccc(N(c6ccc(OC(F)=C(F)F)cc6)c6cccc7ccccc67)c5)cc5c3n4C3C=CC=CC3C5(c3ccccc3)c3ccccc3)c2)c2cccc3ccccc23)cc1. The molecule has 1 aliphatic heterocycles. The molecule has 0 fully saturated rings. The van der Waals surface area contributed by atoms with Gasteiger partial charge in [-0.15, -0.1) is 0 Å². The second kappa shape index (κ2) is 22.8. The van der Waals surface area contributed by atoms with Gasteiger partial charge < -0.3 is 23.8 Å². The van der Waals surface area contributed by atoms with Crippen molar-refractivity contribution in [3.8, 4) is 33.8 Å². The van der Waals surface area contributed by atoms with Gasteiger partial charge in [-0.05, 0) is 159 Å². The van der Waals surface area contributed by atoms with Crippen LogP contribution < -0.4 is 19.3 Å². The lowest BCUT2D eigenvalue weighted by atomic mass is 9.57. The van der Waals surface area contributed by atoms with Crippen LogP contribution in [0, 0.1) is 5.92 Å². The van der Waals surface area contributed by atoms with Crippen molar-refractivity contribution in [2.45, 2.75) is 11.5 Å². The standard InChI is InChI=1S/C79H51F6N3O2/c80-75(81)77(84)89-62-40-36-58(37-41-62)86(70-33-15-19-50-17-7-9-29-64(50)70)60-27-13-21-52(45-60)54-35-44-72-66(47-54)67-48-55(49-69-74(67)88(72)73-32-12-11-31-68(73)79(69,56-23-3-1-4-24-56)57-25-5-2-6-26-57)53-22-14-28-61(46-53)87(71-34-16-20-51-18-8-10-30-65(51)71)59-38-42-63(43-39-59)90-78(85)76(82)83/h1-49,68,73H. The highest BCUT2D eigenvalue weighted by atomic mass is 19.3. The summed E-state index contributed by atoms with van der Waals surface area (Å²) in [6.45, 7) is 0. The van der Waals surface area contributed by atoms with Crippen molar-refractivity contribution < 1.29 is 35.8 Å². The maximum Gasteiger partial charge on any atom is 0.344 e. The third-order valence-corrected chi connectivity index (χ3v) is 17.5. The van der Waals surface area contributed by atoms with Gasteiger partial charge in [0.2, 0.25) is 0 Å². The summed E-state index contributed by atoms with van der Waals surface area (Å²) in [5.74, 6) is -0.241. The molecular weight excluding hydrogens is 1140 g/mol. The summed E-state index contributed by atoms with van der Waals surface area (Å²) >= 11 is 0. The van der Waals surface area contributed by atoms with E-state index in [9.17, 15) is 26.3 Å². The Morgan fingerprint density at radius 2 is 0.822 bits per heavy atom. The number of ether oxygens (including phenoxy) is 2. The zero-order chi connectivity index (χ0) is 61.0. The van der Waals surface area contributed by atoms with Crippen LogP contribution >= 0.6 is 0 Å². The van der Waals surface area contributed by atoms with Crippen LogP contribution in [0.3, 0.4) is 0 Å². The molecule has 12 aromatic carbocycles. The van der Waals surface area contributed by atoms with Gasteiger partial charge in [-0.25, -0.2) is 0 Å². The summed E-state index contributed by atoms with van der Waals surface area (Å²) in [7, 11) is 0. The predicted octanol–water partition coefficient (Wildman–Crippen LogP) is 22.8. The van der Waals surface area contributed by atoms with E-state index in [0.29, 0.717) is 11.4 Å². The first-order chi connectivity index (χ1) is 44.1. The third kappa shape index (κ3) is 9.54. The molecule has 15 rings (SSSR count). The van der Waals surface area contributed by atoms with Crippen LogP contribution in [-0.4, -0.2) is 4.57 Å². The van der Waals surface area contributed by atoms with E-state index in [0.717, 1.165) is 105 Å². The molecule has 0 spiro atoms. The molecule has 0 N–H and O–H groups in total. The number of halogens is 6. The van der Waals surface area contributed by atoms with Gasteiger partial charge in [0.15, 0.2) is 0 Å². The van der Waals surface area contributed by atoms with Crippen molar-refractivity contribution in [3.63, 3.8) is 0 Å². The molecule has 1 aromatic heterocycles. The average molecular weight is 1190 g/mol. The fourth-order valence-electron chi connectivity index (χ4n) is 13.7.